The summed E-state index contributed by atoms with van der Waals surface area (Å²) in [4.78, 5) is 28.4. The van der Waals surface area contributed by atoms with E-state index in [-0.39, 0.29) is 12.4 Å². The number of benzene rings is 3. The van der Waals surface area contributed by atoms with Crippen LogP contribution in [0.3, 0.4) is 0 Å². The number of aliphatic hydroxyl groups excluding tert-OH is 1. The van der Waals surface area contributed by atoms with Gasteiger partial charge >= 0.3 is 0 Å². The maximum Gasteiger partial charge on any atom is 0.243 e. The van der Waals surface area contributed by atoms with Crippen molar-refractivity contribution in [2.45, 2.75) is 24.5 Å². The Morgan fingerprint density at radius 1 is 0.949 bits per heavy atom. The van der Waals surface area contributed by atoms with E-state index in [0.29, 0.717) is 39.8 Å². The number of rotatable bonds is 6. The molecule has 0 saturated carbocycles. The summed E-state index contributed by atoms with van der Waals surface area (Å²) in [5.74, 6) is 0.322. The second-order valence-electron chi connectivity index (χ2n) is 10.2. The quantitative estimate of drug-likeness (QED) is 0.439. The van der Waals surface area contributed by atoms with Crippen molar-refractivity contribution in [3.63, 3.8) is 0 Å². The standard InChI is InChI=1S/C31H28FNO5S/c32-22-7-9-24(10-8-22)37-18-23(34)17-33-14-12-31(13-15-33)19-39-30-28(36)27(35)25-11-6-21(16-26(25)29(30)38-31)20-4-2-1-3-5-20/h1-11,16,23,34H,12-15,17-19H2/t23-/m0/s1. The van der Waals surface area contributed by atoms with Crippen molar-refractivity contribution in [3.05, 3.63) is 94.6 Å². The van der Waals surface area contributed by atoms with Crippen LogP contribution in [0.4, 0.5) is 4.39 Å². The van der Waals surface area contributed by atoms with Gasteiger partial charge in [0, 0.05) is 49.4 Å². The minimum atomic E-state index is -0.690. The Hall–Kier alpha value is -3.46. The SMILES string of the molecule is O=C1C(=O)c2ccc(-c3ccccc3)cc2C2=C1SCC1(CCN(C[C@H](O)COc3ccc(F)cc3)CC1)O2. The van der Waals surface area contributed by atoms with Crippen LogP contribution < -0.4 is 4.74 Å². The lowest BCUT2D eigenvalue weighted by atomic mass is 9.88. The summed E-state index contributed by atoms with van der Waals surface area (Å²) in [6, 6.07) is 21.2. The van der Waals surface area contributed by atoms with Gasteiger partial charge in [-0.3, -0.25) is 9.59 Å². The summed E-state index contributed by atoms with van der Waals surface area (Å²) in [6.45, 7) is 2.02. The Bertz CT molecular complexity index is 1430. The van der Waals surface area contributed by atoms with E-state index in [1.165, 1.54) is 36.0 Å². The van der Waals surface area contributed by atoms with Crippen LogP contribution in [0.25, 0.3) is 16.9 Å². The Morgan fingerprint density at radius 3 is 2.44 bits per heavy atom. The number of allylic oxidation sites excluding steroid dienone is 1. The number of carbonyl (C=O) groups excluding carboxylic acids is 2. The largest absolute Gasteiger partial charge is 0.491 e. The number of hydrogen-bond acceptors (Lipinski definition) is 7. The lowest BCUT2D eigenvalue weighted by Gasteiger charge is -2.45. The summed E-state index contributed by atoms with van der Waals surface area (Å²) in [7, 11) is 0. The molecule has 1 N–H and O–H groups in total. The van der Waals surface area contributed by atoms with Gasteiger partial charge in [-0.05, 0) is 47.5 Å². The normalized spacial score (nSPS) is 19.3. The number of hydrogen-bond donors (Lipinski definition) is 1. The third-order valence-electron chi connectivity index (χ3n) is 7.53. The van der Waals surface area contributed by atoms with Gasteiger partial charge < -0.3 is 19.5 Å². The summed E-state index contributed by atoms with van der Waals surface area (Å²) < 4.78 is 25.3. The number of halogens is 1. The van der Waals surface area contributed by atoms with E-state index >= 15 is 0 Å². The summed E-state index contributed by atoms with van der Waals surface area (Å²) in [5, 5.41) is 10.5. The van der Waals surface area contributed by atoms with E-state index in [0.717, 1.165) is 37.1 Å². The number of piperidine rings is 1. The number of aliphatic hydroxyl groups is 1. The van der Waals surface area contributed by atoms with Crippen LogP contribution in [0.5, 0.6) is 5.75 Å². The number of Topliss-reactive ketones (excluding diaryl/α,β-unsaturated/α-hetero) is 2. The van der Waals surface area contributed by atoms with Gasteiger partial charge in [0.05, 0.1) is 0 Å². The Morgan fingerprint density at radius 2 is 1.69 bits per heavy atom. The second kappa shape index (κ2) is 10.6. The third-order valence-corrected chi connectivity index (χ3v) is 8.85. The number of nitrogens with zero attached hydrogens (tertiary/aromatic N) is 1. The number of ketones is 2. The molecule has 3 aliphatic rings. The molecule has 1 aliphatic carbocycles. The van der Waals surface area contributed by atoms with E-state index in [2.05, 4.69) is 4.90 Å². The Labute approximate surface area is 230 Å². The van der Waals surface area contributed by atoms with Gasteiger partial charge in [-0.1, -0.05) is 36.4 Å². The minimum absolute atomic E-state index is 0.118. The first kappa shape index (κ1) is 25.8. The van der Waals surface area contributed by atoms with Crippen LogP contribution in [0.1, 0.15) is 28.8 Å². The summed E-state index contributed by atoms with van der Waals surface area (Å²) in [6.07, 6.45) is 0.779. The van der Waals surface area contributed by atoms with Crippen molar-refractivity contribution in [1.29, 1.82) is 0 Å². The highest BCUT2D eigenvalue weighted by molar-refractivity contribution is 8.04. The van der Waals surface area contributed by atoms with Gasteiger partial charge in [0.2, 0.25) is 11.6 Å². The molecule has 3 aromatic carbocycles. The highest BCUT2D eigenvalue weighted by Crippen LogP contribution is 2.47. The molecule has 3 aromatic rings. The fourth-order valence-corrected chi connectivity index (χ4v) is 6.60. The number of ether oxygens (including phenoxy) is 2. The molecule has 6 rings (SSSR count). The molecule has 0 radical (unpaired) electrons. The predicted molar refractivity (Wildman–Crippen MR) is 148 cm³/mol. The first-order valence-electron chi connectivity index (χ1n) is 13.0. The van der Waals surface area contributed by atoms with Crippen molar-refractivity contribution in [2.24, 2.45) is 0 Å². The summed E-state index contributed by atoms with van der Waals surface area (Å²) >= 11 is 1.42. The van der Waals surface area contributed by atoms with Gasteiger partial charge in [-0.25, -0.2) is 4.39 Å². The zero-order valence-corrected chi connectivity index (χ0v) is 22.1. The van der Waals surface area contributed by atoms with Crippen LogP contribution >= 0.6 is 11.8 Å². The highest BCUT2D eigenvalue weighted by Gasteiger charge is 2.46. The zero-order chi connectivity index (χ0) is 27.0. The Balaban J connectivity index is 1.14. The number of fused-ring (bicyclic) bond motifs is 2. The van der Waals surface area contributed by atoms with Gasteiger partial charge in [0.25, 0.3) is 0 Å². The van der Waals surface area contributed by atoms with Gasteiger partial charge in [0.1, 0.15) is 40.5 Å². The first-order chi connectivity index (χ1) is 18.9. The molecule has 0 amide bonds. The van der Waals surface area contributed by atoms with E-state index in [4.69, 9.17) is 9.47 Å². The maximum absolute atomic E-state index is 13.1. The molecule has 1 atom stereocenters. The first-order valence-corrected chi connectivity index (χ1v) is 14.0. The van der Waals surface area contributed by atoms with Crippen LogP contribution in [0.15, 0.2) is 77.7 Å². The molecule has 1 saturated heterocycles. The topological polar surface area (TPSA) is 76.1 Å². The van der Waals surface area contributed by atoms with E-state index in [9.17, 15) is 19.1 Å². The third kappa shape index (κ3) is 5.24. The molecule has 39 heavy (non-hydrogen) atoms. The van der Waals surface area contributed by atoms with E-state index < -0.39 is 23.3 Å². The molecular weight excluding hydrogens is 517 g/mol. The van der Waals surface area contributed by atoms with Crippen molar-refractivity contribution < 1.29 is 28.6 Å². The molecule has 1 spiro atoms. The molecule has 200 valence electrons. The molecule has 1 fully saturated rings. The van der Waals surface area contributed by atoms with Crippen molar-refractivity contribution in [2.75, 3.05) is 32.0 Å². The fourth-order valence-electron chi connectivity index (χ4n) is 5.34. The van der Waals surface area contributed by atoms with Gasteiger partial charge in [-0.15, -0.1) is 11.8 Å². The van der Waals surface area contributed by atoms with Gasteiger partial charge in [-0.2, -0.15) is 0 Å². The highest BCUT2D eigenvalue weighted by atomic mass is 32.2. The van der Waals surface area contributed by atoms with Crippen molar-refractivity contribution in [1.82, 2.24) is 4.90 Å². The van der Waals surface area contributed by atoms with Crippen LogP contribution in [0, 0.1) is 5.82 Å². The van der Waals surface area contributed by atoms with Gasteiger partial charge in [0.15, 0.2) is 0 Å². The molecule has 0 unspecified atom stereocenters. The maximum atomic E-state index is 13.1. The molecule has 0 bridgehead atoms. The monoisotopic (exact) mass is 545 g/mol. The average molecular weight is 546 g/mol. The summed E-state index contributed by atoms with van der Waals surface area (Å²) in [5.41, 5.74) is 2.61. The second-order valence-corrected chi connectivity index (χ2v) is 11.2. The van der Waals surface area contributed by atoms with E-state index in [1.807, 2.05) is 42.5 Å². The Kier molecular flexibility index (Phi) is 7.01. The molecule has 8 heteroatoms. The zero-order valence-electron chi connectivity index (χ0n) is 21.3. The van der Waals surface area contributed by atoms with Crippen molar-refractivity contribution in [3.8, 4) is 16.9 Å². The molecule has 6 nitrogen and oxygen atoms in total. The number of thioether (sulfide) groups is 1. The smallest absolute Gasteiger partial charge is 0.243 e. The fraction of sp³-hybridized carbons (Fsp3) is 0.290. The minimum Gasteiger partial charge on any atom is -0.491 e. The molecule has 2 aliphatic heterocycles. The van der Waals surface area contributed by atoms with Crippen LogP contribution in [-0.2, 0) is 9.53 Å². The molecule has 2 heterocycles. The lowest BCUT2D eigenvalue weighted by Crippen LogP contribution is -2.51. The predicted octanol–water partition coefficient (Wildman–Crippen LogP) is 4.96. The van der Waals surface area contributed by atoms with Crippen molar-refractivity contribution >= 4 is 29.1 Å². The molecule has 0 aromatic heterocycles. The lowest BCUT2D eigenvalue weighted by molar-refractivity contribution is -0.111. The molecular formula is C31H28FNO5S. The van der Waals surface area contributed by atoms with Crippen LogP contribution in [-0.4, -0.2) is 65.3 Å². The number of β-amino-alcohol motifs (C(OH)–C–C–N with tert-alkyl or cyclic N) is 1. The number of likely N-dealkylation sites (tertiary alicyclic amines) is 1. The van der Waals surface area contributed by atoms with E-state index in [1.54, 1.807) is 6.07 Å². The number of carbonyl (C=O) groups is 2. The van der Waals surface area contributed by atoms with Crippen LogP contribution in [0.2, 0.25) is 0 Å². The average Bonchev–Trinajstić information content (AvgIpc) is 2.97.